The highest BCUT2D eigenvalue weighted by atomic mass is 32.2. The number of benzene rings is 3. The maximum Gasteiger partial charge on any atom is 0.417 e. The first kappa shape index (κ1) is 40.9. The van der Waals surface area contributed by atoms with Crippen molar-refractivity contribution in [1.29, 1.82) is 0 Å². The van der Waals surface area contributed by atoms with E-state index in [1.165, 1.54) is 69.7 Å². The number of sulfonamides is 1. The number of nitrogens with zero attached hydrogens (tertiary/aromatic N) is 3. The van der Waals surface area contributed by atoms with Crippen LogP contribution in [0.1, 0.15) is 39.9 Å². The van der Waals surface area contributed by atoms with Crippen LogP contribution < -0.4 is 29.2 Å². The molecule has 1 fully saturated rings. The molecule has 2 heterocycles. The van der Waals surface area contributed by atoms with Gasteiger partial charge in [0.25, 0.3) is 11.8 Å². The fraction of sp³-hybridized carbons (Fsp3) is 0.333. The number of hydrogen-bond donors (Lipinski definition) is 1. The second-order valence-electron chi connectivity index (χ2n) is 12.3. The molecule has 0 aliphatic carbocycles. The number of rotatable bonds is 13. The Labute approximate surface area is 311 Å². The van der Waals surface area contributed by atoms with Gasteiger partial charge in [-0.25, -0.2) is 31.0 Å². The van der Waals surface area contributed by atoms with E-state index in [0.717, 1.165) is 4.31 Å². The van der Waals surface area contributed by atoms with Gasteiger partial charge in [0.2, 0.25) is 10.0 Å². The van der Waals surface area contributed by atoms with Crippen LogP contribution >= 0.6 is 0 Å². The van der Waals surface area contributed by atoms with E-state index in [9.17, 15) is 35.2 Å². The third-order valence-electron chi connectivity index (χ3n) is 8.81. The molecule has 0 bridgehead atoms. The zero-order valence-electron chi connectivity index (χ0n) is 29.8. The molecule has 1 aliphatic heterocycles. The predicted octanol–water partition coefficient (Wildman–Crippen LogP) is 7.29. The highest BCUT2D eigenvalue weighted by molar-refractivity contribution is 7.89. The molecule has 1 aliphatic rings. The lowest BCUT2D eigenvalue weighted by Crippen LogP contribution is -2.40. The summed E-state index contributed by atoms with van der Waals surface area (Å²) in [6.45, 7) is -1.78. The fourth-order valence-electron chi connectivity index (χ4n) is 5.83. The molecule has 19 heteroatoms. The van der Waals surface area contributed by atoms with Gasteiger partial charge in [0.1, 0.15) is 34.6 Å². The number of nitrogens with one attached hydrogen (secondary N) is 1. The van der Waals surface area contributed by atoms with Crippen molar-refractivity contribution in [2.75, 3.05) is 51.7 Å². The van der Waals surface area contributed by atoms with E-state index >= 15 is 8.78 Å². The van der Waals surface area contributed by atoms with Crippen LogP contribution in [0, 0.1) is 11.6 Å². The van der Waals surface area contributed by atoms with Gasteiger partial charge in [0, 0.05) is 68.5 Å². The van der Waals surface area contributed by atoms with Gasteiger partial charge < -0.3 is 29.2 Å². The van der Waals surface area contributed by atoms with Gasteiger partial charge >= 0.3 is 6.18 Å². The monoisotopic (exact) mass is 800 g/mol. The Morgan fingerprint density at radius 1 is 0.855 bits per heavy atom. The lowest BCUT2D eigenvalue weighted by molar-refractivity contribution is -0.137. The molecule has 0 spiro atoms. The molecule has 1 N–H and O–H groups in total. The zero-order chi connectivity index (χ0) is 40.3. The molecule has 296 valence electrons. The molecule has 0 atom stereocenters. The number of carbonyl (C=O) groups excluding carboxylic acids is 1. The molecule has 0 saturated carbocycles. The summed E-state index contributed by atoms with van der Waals surface area (Å²) in [5.74, 6) is -7.10. The standard InChI is InChI=1S/C36H35F7N4O7S/c1-51-24-7-5-21(29(16-24)53-3)19-47(20-22-6-8-25(52-2)17-30(22)54-4)55(49,50)32-27(37)9-10-28(31(32)38)45-34(48)26-15-23(36(41,42)43)18-44-33(26)46-13-11-35(39,40)12-14-46/h5-10,15-18H,11-14,19-20H2,1-4H3,(H,45,48). The summed E-state index contributed by atoms with van der Waals surface area (Å²) in [5.41, 5.74) is -2.55. The van der Waals surface area contributed by atoms with Gasteiger partial charge in [-0.2, -0.15) is 17.5 Å². The number of pyridine rings is 1. The highest BCUT2D eigenvalue weighted by Gasteiger charge is 2.38. The van der Waals surface area contributed by atoms with Crippen molar-refractivity contribution in [3.05, 3.63) is 94.7 Å². The first-order valence-corrected chi connectivity index (χ1v) is 17.8. The van der Waals surface area contributed by atoms with Crippen molar-refractivity contribution >= 4 is 27.4 Å². The molecule has 1 saturated heterocycles. The van der Waals surface area contributed by atoms with Crippen LogP contribution in [0.25, 0.3) is 0 Å². The van der Waals surface area contributed by atoms with E-state index in [1.54, 1.807) is 0 Å². The first-order chi connectivity index (χ1) is 25.9. The molecular formula is C36H35F7N4O7S. The molecule has 3 aromatic carbocycles. The Balaban J connectivity index is 1.57. The van der Waals surface area contributed by atoms with E-state index in [2.05, 4.69) is 4.98 Å². The third-order valence-corrected chi connectivity index (χ3v) is 10.6. The van der Waals surface area contributed by atoms with E-state index in [1.807, 2.05) is 5.32 Å². The van der Waals surface area contributed by atoms with Gasteiger partial charge in [-0.1, -0.05) is 12.1 Å². The molecule has 4 aromatic rings. The average Bonchev–Trinajstić information content (AvgIpc) is 3.15. The second kappa shape index (κ2) is 16.2. The van der Waals surface area contributed by atoms with Crippen LogP contribution in [0.2, 0.25) is 0 Å². The van der Waals surface area contributed by atoms with Crippen molar-refractivity contribution in [3.63, 3.8) is 0 Å². The third kappa shape index (κ3) is 8.99. The SMILES string of the molecule is COc1ccc(CN(Cc2ccc(OC)cc2OC)S(=O)(=O)c2c(F)ccc(NC(=O)c3cc(C(F)(F)F)cnc3N3CCC(F)(F)CC3)c2F)c(OC)c1. The van der Waals surface area contributed by atoms with Crippen LogP contribution in [-0.2, 0) is 29.3 Å². The average molecular weight is 801 g/mol. The Morgan fingerprint density at radius 3 is 1.89 bits per heavy atom. The van der Waals surface area contributed by atoms with Crippen LogP contribution in [0.5, 0.6) is 23.0 Å². The largest absolute Gasteiger partial charge is 0.497 e. The summed E-state index contributed by atoms with van der Waals surface area (Å²) < 4.78 is 152. The normalized spacial score (nSPS) is 14.4. The molecule has 0 radical (unpaired) electrons. The Morgan fingerprint density at radius 2 is 1.40 bits per heavy atom. The minimum Gasteiger partial charge on any atom is -0.497 e. The van der Waals surface area contributed by atoms with E-state index in [-0.39, 0.29) is 35.7 Å². The Kier molecular flexibility index (Phi) is 12.0. The molecule has 1 aromatic heterocycles. The summed E-state index contributed by atoms with van der Waals surface area (Å²) in [6.07, 6.45) is -5.91. The number of halogens is 7. The summed E-state index contributed by atoms with van der Waals surface area (Å²) in [4.78, 5) is 17.0. The fourth-order valence-corrected chi connectivity index (χ4v) is 7.36. The number of alkyl halides is 5. The smallest absolute Gasteiger partial charge is 0.417 e. The van der Waals surface area contributed by atoms with Crippen LogP contribution in [0.3, 0.4) is 0 Å². The number of amides is 1. The van der Waals surface area contributed by atoms with E-state index < -0.39 is 93.1 Å². The predicted molar refractivity (Wildman–Crippen MR) is 185 cm³/mol. The van der Waals surface area contributed by atoms with Crippen molar-refractivity contribution in [1.82, 2.24) is 9.29 Å². The van der Waals surface area contributed by atoms with Crippen LogP contribution in [0.4, 0.5) is 42.2 Å². The molecule has 5 rings (SSSR count). The van der Waals surface area contributed by atoms with Gasteiger partial charge in [0.15, 0.2) is 10.7 Å². The number of aromatic nitrogens is 1. The van der Waals surface area contributed by atoms with E-state index in [0.29, 0.717) is 35.9 Å². The maximum absolute atomic E-state index is 16.4. The molecular weight excluding hydrogens is 765 g/mol. The second-order valence-corrected chi connectivity index (χ2v) is 14.1. The Bertz CT molecular complexity index is 2100. The number of ether oxygens (including phenoxy) is 4. The summed E-state index contributed by atoms with van der Waals surface area (Å²) in [6, 6.07) is 10.6. The summed E-state index contributed by atoms with van der Waals surface area (Å²) in [5, 5.41) is 2.03. The number of anilines is 2. The van der Waals surface area contributed by atoms with Crippen LogP contribution in [-0.4, -0.2) is 71.1 Å². The molecule has 0 unspecified atom stereocenters. The molecule has 11 nitrogen and oxygen atoms in total. The lowest BCUT2D eigenvalue weighted by Gasteiger charge is -2.33. The minimum atomic E-state index is -5.21. The quantitative estimate of drug-likeness (QED) is 0.139. The minimum absolute atomic E-state index is 0.172. The Hall–Kier alpha value is -5.30. The first-order valence-electron chi connectivity index (χ1n) is 16.3. The van der Waals surface area contributed by atoms with Gasteiger partial charge in [-0.05, 0) is 30.3 Å². The maximum atomic E-state index is 16.4. The number of hydrogen-bond acceptors (Lipinski definition) is 9. The van der Waals surface area contributed by atoms with Crippen molar-refractivity contribution in [2.45, 2.75) is 42.9 Å². The zero-order valence-corrected chi connectivity index (χ0v) is 30.6. The summed E-state index contributed by atoms with van der Waals surface area (Å²) in [7, 11) is 0.234. The van der Waals surface area contributed by atoms with Gasteiger partial charge in [-0.3, -0.25) is 4.79 Å². The van der Waals surface area contributed by atoms with E-state index in [4.69, 9.17) is 18.9 Å². The summed E-state index contributed by atoms with van der Waals surface area (Å²) >= 11 is 0. The lowest BCUT2D eigenvalue weighted by atomic mass is 10.1. The van der Waals surface area contributed by atoms with Gasteiger partial charge in [0.05, 0.1) is 45.3 Å². The highest BCUT2D eigenvalue weighted by Crippen LogP contribution is 2.37. The molecule has 55 heavy (non-hydrogen) atoms. The van der Waals surface area contributed by atoms with Crippen molar-refractivity contribution in [3.8, 4) is 23.0 Å². The van der Waals surface area contributed by atoms with Gasteiger partial charge in [-0.15, -0.1) is 0 Å². The topological polar surface area (TPSA) is 120 Å². The number of methoxy groups -OCH3 is 4. The number of piperidine rings is 1. The number of carbonyl (C=O) groups is 1. The van der Waals surface area contributed by atoms with Crippen molar-refractivity contribution in [2.24, 2.45) is 0 Å². The van der Waals surface area contributed by atoms with Crippen LogP contribution in [0.15, 0.2) is 65.7 Å². The molecule has 1 amide bonds. The van der Waals surface area contributed by atoms with Crippen molar-refractivity contribution < 1.29 is 62.9 Å².